The molecule has 2 aliphatic rings. The first-order valence-corrected chi connectivity index (χ1v) is 9.46. The highest BCUT2D eigenvalue weighted by Crippen LogP contribution is 2.44. The molecular weight excluding hydrogens is 358 g/mol. The Hall–Kier alpha value is -2.86. The van der Waals surface area contributed by atoms with Crippen molar-refractivity contribution in [2.24, 2.45) is 0 Å². The van der Waals surface area contributed by atoms with Gasteiger partial charge in [0.1, 0.15) is 6.61 Å². The van der Waals surface area contributed by atoms with E-state index in [0.717, 1.165) is 22.3 Å². The first-order valence-electron chi connectivity index (χ1n) is 9.46. The lowest BCUT2D eigenvalue weighted by Crippen LogP contribution is -2.59. The molecule has 0 bridgehead atoms. The third-order valence-corrected chi connectivity index (χ3v) is 5.80. The Morgan fingerprint density at radius 2 is 1.64 bits per heavy atom. The van der Waals surface area contributed by atoms with E-state index in [1.807, 2.05) is 43.3 Å². The topological polar surface area (TPSA) is 76.1 Å². The van der Waals surface area contributed by atoms with Gasteiger partial charge in [-0.05, 0) is 36.1 Å². The summed E-state index contributed by atoms with van der Waals surface area (Å²) in [4.78, 5) is 25.7. The van der Waals surface area contributed by atoms with Crippen molar-refractivity contribution in [3.63, 3.8) is 0 Å². The number of nitrogens with zero attached hydrogens (tertiary/aromatic N) is 1. The highest BCUT2D eigenvalue weighted by molar-refractivity contribution is 5.81. The fourth-order valence-electron chi connectivity index (χ4n) is 4.12. The second-order valence-corrected chi connectivity index (χ2v) is 7.34. The van der Waals surface area contributed by atoms with E-state index in [1.54, 1.807) is 6.92 Å². The van der Waals surface area contributed by atoms with Crippen molar-refractivity contribution in [1.29, 1.82) is 0 Å². The number of amides is 1. The second-order valence-electron chi connectivity index (χ2n) is 7.34. The molecule has 1 N–H and O–H groups in total. The molecule has 146 valence electrons. The van der Waals surface area contributed by atoms with Crippen LogP contribution in [0.25, 0.3) is 11.1 Å². The number of rotatable bonds is 3. The number of aliphatic carboxylic acids is 1. The van der Waals surface area contributed by atoms with Crippen LogP contribution < -0.4 is 0 Å². The lowest BCUT2D eigenvalue weighted by Gasteiger charge is -2.41. The number of morpholine rings is 1. The van der Waals surface area contributed by atoms with Crippen LogP contribution in [0.15, 0.2) is 48.5 Å². The van der Waals surface area contributed by atoms with Gasteiger partial charge in [-0.25, -0.2) is 9.59 Å². The average molecular weight is 381 g/mol. The first-order chi connectivity index (χ1) is 13.5. The summed E-state index contributed by atoms with van der Waals surface area (Å²) in [6.45, 7) is 3.73. The van der Waals surface area contributed by atoms with Gasteiger partial charge in [0.2, 0.25) is 0 Å². The molecule has 1 aliphatic carbocycles. The molecule has 0 saturated carbocycles. The number of hydrogen-bond donors (Lipinski definition) is 1. The van der Waals surface area contributed by atoms with Crippen LogP contribution >= 0.6 is 0 Å². The summed E-state index contributed by atoms with van der Waals surface area (Å²) in [6.07, 6.45) is -0.868. The van der Waals surface area contributed by atoms with E-state index < -0.39 is 18.1 Å². The molecule has 1 amide bonds. The number of benzene rings is 2. The molecule has 0 aromatic heterocycles. The van der Waals surface area contributed by atoms with Crippen LogP contribution in [0.2, 0.25) is 0 Å². The molecule has 3 atom stereocenters. The summed E-state index contributed by atoms with van der Waals surface area (Å²) in [5.41, 5.74) is 4.54. The van der Waals surface area contributed by atoms with Gasteiger partial charge < -0.3 is 14.6 Å². The summed E-state index contributed by atoms with van der Waals surface area (Å²) in [5, 5.41) is 9.47. The zero-order valence-corrected chi connectivity index (χ0v) is 15.9. The number of carboxylic acids is 1. The normalized spacial score (nSPS) is 23.8. The van der Waals surface area contributed by atoms with Crippen molar-refractivity contribution in [3.8, 4) is 11.1 Å². The lowest BCUT2D eigenvalue weighted by atomic mass is 9.98. The van der Waals surface area contributed by atoms with Gasteiger partial charge in [0.05, 0.1) is 18.8 Å². The Kier molecular flexibility index (Phi) is 4.81. The molecule has 3 unspecified atom stereocenters. The Morgan fingerprint density at radius 1 is 1.07 bits per heavy atom. The third-order valence-electron chi connectivity index (χ3n) is 5.80. The smallest absolute Gasteiger partial charge is 0.410 e. The van der Waals surface area contributed by atoms with Crippen LogP contribution in [-0.4, -0.2) is 53.5 Å². The molecule has 4 rings (SSSR count). The number of carbonyl (C=O) groups is 2. The van der Waals surface area contributed by atoms with Crippen molar-refractivity contribution in [1.82, 2.24) is 4.90 Å². The summed E-state index contributed by atoms with van der Waals surface area (Å²) < 4.78 is 11.1. The van der Waals surface area contributed by atoms with Crippen LogP contribution in [0.1, 0.15) is 30.9 Å². The molecule has 0 radical (unpaired) electrons. The average Bonchev–Trinajstić information content (AvgIpc) is 3.02. The first kappa shape index (κ1) is 18.5. The molecule has 6 nitrogen and oxygen atoms in total. The molecule has 2 aromatic carbocycles. The van der Waals surface area contributed by atoms with Crippen molar-refractivity contribution in [3.05, 3.63) is 59.7 Å². The van der Waals surface area contributed by atoms with Crippen LogP contribution in [0.3, 0.4) is 0 Å². The van der Waals surface area contributed by atoms with Gasteiger partial charge in [-0.1, -0.05) is 48.5 Å². The third kappa shape index (κ3) is 3.03. The van der Waals surface area contributed by atoms with Gasteiger partial charge >= 0.3 is 12.1 Å². The number of fused-ring (bicyclic) bond motifs is 3. The Labute approximate surface area is 163 Å². The van der Waals surface area contributed by atoms with Crippen LogP contribution in [0.4, 0.5) is 4.79 Å². The van der Waals surface area contributed by atoms with Crippen molar-refractivity contribution in [2.45, 2.75) is 38.0 Å². The quantitative estimate of drug-likeness (QED) is 0.881. The molecule has 28 heavy (non-hydrogen) atoms. The predicted octanol–water partition coefficient (Wildman–Crippen LogP) is 3.50. The molecule has 1 heterocycles. The van der Waals surface area contributed by atoms with Gasteiger partial charge in [-0.3, -0.25) is 4.90 Å². The van der Waals surface area contributed by atoms with Crippen LogP contribution in [0.5, 0.6) is 0 Å². The minimum atomic E-state index is -1.09. The van der Waals surface area contributed by atoms with Crippen LogP contribution in [0, 0.1) is 0 Å². The molecule has 2 aromatic rings. The van der Waals surface area contributed by atoms with Crippen molar-refractivity contribution in [2.75, 3.05) is 13.2 Å². The minimum absolute atomic E-state index is 0.0367. The Bertz CT molecular complexity index is 866. The van der Waals surface area contributed by atoms with Gasteiger partial charge in [0.15, 0.2) is 6.04 Å². The maximum absolute atomic E-state index is 12.8. The SMILES string of the molecule is CC1OCC(C(=O)O)N(C(=O)OCC2c3ccccc3-c3ccccc32)C1C. The second kappa shape index (κ2) is 7.28. The van der Waals surface area contributed by atoms with E-state index >= 15 is 0 Å². The molecule has 0 spiro atoms. The van der Waals surface area contributed by atoms with E-state index in [4.69, 9.17) is 9.47 Å². The van der Waals surface area contributed by atoms with Gasteiger partial charge in [0.25, 0.3) is 0 Å². The number of ether oxygens (including phenoxy) is 2. The zero-order valence-electron chi connectivity index (χ0n) is 15.9. The molecule has 1 fully saturated rings. The monoisotopic (exact) mass is 381 g/mol. The summed E-state index contributed by atoms with van der Waals surface area (Å²) in [7, 11) is 0. The fraction of sp³-hybridized carbons (Fsp3) is 0.364. The zero-order chi connectivity index (χ0) is 19.8. The van der Waals surface area contributed by atoms with Gasteiger partial charge in [-0.2, -0.15) is 0 Å². The Morgan fingerprint density at radius 3 is 2.21 bits per heavy atom. The fourth-order valence-corrected chi connectivity index (χ4v) is 4.12. The standard InChI is InChI=1S/C22H23NO5/c1-13-14(2)27-12-20(21(24)25)23(13)22(26)28-11-19-17-9-5-3-7-15(17)16-8-4-6-10-18(16)19/h3-10,13-14,19-20H,11-12H2,1-2H3,(H,24,25). The minimum Gasteiger partial charge on any atom is -0.480 e. The number of hydrogen-bond acceptors (Lipinski definition) is 4. The Balaban J connectivity index is 1.56. The molecule has 1 saturated heterocycles. The van der Waals surface area contributed by atoms with E-state index in [0.29, 0.717) is 0 Å². The van der Waals surface area contributed by atoms with E-state index in [2.05, 4.69) is 12.1 Å². The van der Waals surface area contributed by atoms with Crippen LogP contribution in [-0.2, 0) is 14.3 Å². The highest BCUT2D eigenvalue weighted by Gasteiger charge is 2.42. The van der Waals surface area contributed by atoms with E-state index in [-0.39, 0.29) is 31.3 Å². The van der Waals surface area contributed by atoms with Gasteiger partial charge in [-0.15, -0.1) is 0 Å². The molecule has 6 heteroatoms. The van der Waals surface area contributed by atoms with E-state index in [1.165, 1.54) is 4.90 Å². The molecular formula is C22H23NO5. The van der Waals surface area contributed by atoms with Crippen molar-refractivity contribution >= 4 is 12.1 Å². The maximum atomic E-state index is 12.8. The summed E-state index contributed by atoms with van der Waals surface area (Å²) in [5.74, 6) is -1.15. The summed E-state index contributed by atoms with van der Waals surface area (Å²) >= 11 is 0. The maximum Gasteiger partial charge on any atom is 0.410 e. The lowest BCUT2D eigenvalue weighted by molar-refractivity contribution is -0.155. The number of carboxylic acid groups (broad SMARTS) is 1. The highest BCUT2D eigenvalue weighted by atomic mass is 16.6. The van der Waals surface area contributed by atoms with Gasteiger partial charge in [0, 0.05) is 5.92 Å². The van der Waals surface area contributed by atoms with Crippen molar-refractivity contribution < 1.29 is 24.2 Å². The number of carbonyl (C=O) groups excluding carboxylic acids is 1. The molecule has 1 aliphatic heterocycles. The van der Waals surface area contributed by atoms with E-state index in [9.17, 15) is 14.7 Å². The predicted molar refractivity (Wildman–Crippen MR) is 103 cm³/mol. The summed E-state index contributed by atoms with van der Waals surface area (Å²) in [6, 6.07) is 14.8. The largest absolute Gasteiger partial charge is 0.480 e.